The van der Waals surface area contributed by atoms with Crippen molar-refractivity contribution >= 4 is 5.97 Å². The van der Waals surface area contributed by atoms with Gasteiger partial charge in [-0.05, 0) is 32.1 Å². The number of nitrogens with one attached hydrogen (secondary N) is 1. The number of fused-ring (bicyclic) bond motifs is 1. The van der Waals surface area contributed by atoms with Crippen LogP contribution in [-0.4, -0.2) is 24.2 Å². The van der Waals surface area contributed by atoms with Crippen molar-refractivity contribution in [2.75, 3.05) is 6.61 Å². The minimum absolute atomic E-state index is 0.0660. The molecule has 3 nitrogen and oxygen atoms in total. The monoisotopic (exact) mass is 183 g/mol. The summed E-state index contributed by atoms with van der Waals surface area (Å²) < 4.78 is 4.98. The van der Waals surface area contributed by atoms with Gasteiger partial charge < -0.3 is 4.74 Å². The van der Waals surface area contributed by atoms with Crippen LogP contribution in [0, 0.1) is 5.41 Å². The van der Waals surface area contributed by atoms with Gasteiger partial charge in [0.1, 0.15) is 6.04 Å². The summed E-state index contributed by atoms with van der Waals surface area (Å²) in [6.07, 6.45) is 2.12. The van der Waals surface area contributed by atoms with Gasteiger partial charge in [-0.3, -0.25) is 10.1 Å². The molecular weight excluding hydrogens is 166 g/mol. The fraction of sp³-hybridized carbons (Fsp3) is 0.900. The fourth-order valence-corrected chi connectivity index (χ4v) is 2.53. The smallest absolute Gasteiger partial charge is 0.323 e. The van der Waals surface area contributed by atoms with E-state index < -0.39 is 0 Å². The summed E-state index contributed by atoms with van der Waals surface area (Å²) in [6.45, 7) is 6.74. The molecule has 1 saturated heterocycles. The zero-order valence-corrected chi connectivity index (χ0v) is 8.52. The van der Waals surface area contributed by atoms with Gasteiger partial charge in [0.15, 0.2) is 0 Å². The second-order valence-electron chi connectivity index (χ2n) is 4.72. The molecule has 0 aromatic carbocycles. The van der Waals surface area contributed by atoms with Crippen LogP contribution in [0.3, 0.4) is 0 Å². The average molecular weight is 183 g/mol. The summed E-state index contributed by atoms with van der Waals surface area (Å²) in [5, 5.41) is 3.35. The maximum Gasteiger partial charge on any atom is 0.323 e. The Kier molecular flexibility index (Phi) is 1.71. The number of esters is 1. The Morgan fingerprint density at radius 3 is 2.77 bits per heavy atom. The number of hydrogen-bond donors (Lipinski definition) is 1. The summed E-state index contributed by atoms with van der Waals surface area (Å²) in [5.41, 5.74) is 0.537. The third-order valence-electron chi connectivity index (χ3n) is 3.67. The van der Waals surface area contributed by atoms with E-state index in [4.69, 9.17) is 4.74 Å². The first-order chi connectivity index (χ1) is 6.01. The first-order valence-corrected chi connectivity index (χ1v) is 4.95. The van der Waals surface area contributed by atoms with Gasteiger partial charge in [-0.1, -0.05) is 6.92 Å². The van der Waals surface area contributed by atoms with Crippen molar-refractivity contribution in [1.82, 2.24) is 5.32 Å². The SMILES string of the molecule is CCOC(=O)[C@@H]1C[C@@]2(C)C[C@]2(C)N1. The largest absolute Gasteiger partial charge is 0.465 e. The summed E-state index contributed by atoms with van der Waals surface area (Å²) >= 11 is 0. The summed E-state index contributed by atoms with van der Waals surface area (Å²) in [5.74, 6) is -0.0860. The second-order valence-corrected chi connectivity index (χ2v) is 4.72. The first-order valence-electron chi connectivity index (χ1n) is 4.95. The fourth-order valence-electron chi connectivity index (χ4n) is 2.53. The molecule has 1 heterocycles. The lowest BCUT2D eigenvalue weighted by atomic mass is 10.0. The van der Waals surface area contributed by atoms with Crippen LogP contribution in [-0.2, 0) is 9.53 Å². The lowest BCUT2D eigenvalue weighted by Gasteiger charge is -2.14. The third kappa shape index (κ3) is 1.17. The number of ether oxygens (including phenoxy) is 1. The molecule has 1 N–H and O–H groups in total. The van der Waals surface area contributed by atoms with Crippen LogP contribution < -0.4 is 5.32 Å². The Morgan fingerprint density at radius 2 is 2.31 bits per heavy atom. The highest BCUT2D eigenvalue weighted by molar-refractivity contribution is 5.77. The van der Waals surface area contributed by atoms with E-state index in [9.17, 15) is 4.79 Å². The van der Waals surface area contributed by atoms with E-state index in [-0.39, 0.29) is 17.6 Å². The highest BCUT2D eigenvalue weighted by Gasteiger charge is 2.67. The average Bonchev–Trinajstić information content (AvgIpc) is 2.42. The molecule has 3 heteroatoms. The molecule has 1 saturated carbocycles. The normalized spacial score (nSPS) is 47.2. The molecule has 2 rings (SSSR count). The molecule has 2 fully saturated rings. The van der Waals surface area contributed by atoms with Gasteiger partial charge in [0, 0.05) is 5.54 Å². The van der Waals surface area contributed by atoms with Gasteiger partial charge in [0.2, 0.25) is 0 Å². The van der Waals surface area contributed by atoms with Gasteiger partial charge in [-0.15, -0.1) is 0 Å². The van der Waals surface area contributed by atoms with Gasteiger partial charge >= 0.3 is 5.97 Å². The molecule has 13 heavy (non-hydrogen) atoms. The van der Waals surface area contributed by atoms with Crippen molar-refractivity contribution in [2.45, 2.75) is 45.2 Å². The van der Waals surface area contributed by atoms with Crippen LogP contribution in [0.5, 0.6) is 0 Å². The van der Waals surface area contributed by atoms with E-state index in [1.54, 1.807) is 0 Å². The van der Waals surface area contributed by atoms with Crippen molar-refractivity contribution in [3.8, 4) is 0 Å². The van der Waals surface area contributed by atoms with Crippen molar-refractivity contribution in [3.63, 3.8) is 0 Å². The maximum atomic E-state index is 11.4. The molecule has 0 bridgehead atoms. The van der Waals surface area contributed by atoms with E-state index in [0.29, 0.717) is 12.0 Å². The van der Waals surface area contributed by atoms with E-state index in [0.717, 1.165) is 6.42 Å². The minimum atomic E-state index is -0.0860. The van der Waals surface area contributed by atoms with Gasteiger partial charge in [0.05, 0.1) is 6.61 Å². The predicted octanol–water partition coefficient (Wildman–Crippen LogP) is 1.08. The van der Waals surface area contributed by atoms with Crippen molar-refractivity contribution in [2.24, 2.45) is 5.41 Å². The number of carbonyl (C=O) groups excluding carboxylic acids is 1. The van der Waals surface area contributed by atoms with E-state index in [2.05, 4.69) is 19.2 Å². The molecule has 0 unspecified atom stereocenters. The number of carbonyl (C=O) groups is 1. The lowest BCUT2D eigenvalue weighted by Crippen LogP contribution is -2.39. The molecule has 0 spiro atoms. The highest BCUT2D eigenvalue weighted by Crippen LogP contribution is 2.62. The molecule has 0 amide bonds. The topological polar surface area (TPSA) is 38.3 Å². The van der Waals surface area contributed by atoms with Crippen LogP contribution in [0.15, 0.2) is 0 Å². The Balaban J connectivity index is 1.97. The van der Waals surface area contributed by atoms with Crippen molar-refractivity contribution < 1.29 is 9.53 Å². The standard InChI is InChI=1S/C10H17NO2/c1-4-13-8(12)7-5-9(2)6-10(9,3)11-7/h7,11H,4-6H2,1-3H3/t7-,9-,10-/m0/s1. The predicted molar refractivity (Wildman–Crippen MR) is 49.3 cm³/mol. The Hall–Kier alpha value is -0.570. The molecule has 2 aliphatic rings. The molecule has 1 aliphatic heterocycles. The summed E-state index contributed by atoms with van der Waals surface area (Å²) in [4.78, 5) is 11.4. The van der Waals surface area contributed by atoms with Gasteiger partial charge in [-0.25, -0.2) is 0 Å². The maximum absolute atomic E-state index is 11.4. The van der Waals surface area contributed by atoms with E-state index >= 15 is 0 Å². The Labute approximate surface area is 78.8 Å². The van der Waals surface area contributed by atoms with Gasteiger partial charge in [-0.2, -0.15) is 0 Å². The molecule has 3 atom stereocenters. The van der Waals surface area contributed by atoms with Crippen molar-refractivity contribution in [3.05, 3.63) is 0 Å². The number of rotatable bonds is 2. The van der Waals surface area contributed by atoms with Crippen LogP contribution in [0.2, 0.25) is 0 Å². The first kappa shape index (κ1) is 9.00. The third-order valence-corrected chi connectivity index (χ3v) is 3.67. The second kappa shape index (κ2) is 2.47. The quantitative estimate of drug-likeness (QED) is 0.651. The lowest BCUT2D eigenvalue weighted by molar-refractivity contribution is -0.145. The molecule has 0 aromatic rings. The molecule has 1 aliphatic carbocycles. The Morgan fingerprint density at radius 1 is 1.62 bits per heavy atom. The molecular formula is C10H17NO2. The molecule has 74 valence electrons. The van der Waals surface area contributed by atoms with Crippen LogP contribution in [0.4, 0.5) is 0 Å². The van der Waals surface area contributed by atoms with Gasteiger partial charge in [0.25, 0.3) is 0 Å². The summed E-state index contributed by atoms with van der Waals surface area (Å²) in [7, 11) is 0. The van der Waals surface area contributed by atoms with E-state index in [1.165, 1.54) is 6.42 Å². The minimum Gasteiger partial charge on any atom is -0.465 e. The van der Waals surface area contributed by atoms with Crippen LogP contribution in [0.25, 0.3) is 0 Å². The molecule has 0 radical (unpaired) electrons. The Bertz CT molecular complexity index is 237. The van der Waals surface area contributed by atoms with E-state index in [1.807, 2.05) is 6.92 Å². The highest BCUT2D eigenvalue weighted by atomic mass is 16.5. The van der Waals surface area contributed by atoms with Crippen LogP contribution in [0.1, 0.15) is 33.6 Å². The van der Waals surface area contributed by atoms with Crippen LogP contribution >= 0.6 is 0 Å². The number of piperidine rings is 1. The zero-order valence-electron chi connectivity index (χ0n) is 8.52. The van der Waals surface area contributed by atoms with Crippen molar-refractivity contribution in [1.29, 1.82) is 0 Å². The summed E-state index contributed by atoms with van der Waals surface area (Å²) in [6, 6.07) is -0.0660. The molecule has 0 aromatic heterocycles. The zero-order chi connectivity index (χ0) is 9.69. The number of hydrogen-bond acceptors (Lipinski definition) is 3.